The largest absolute Gasteiger partial charge is 0.473 e. The summed E-state index contributed by atoms with van der Waals surface area (Å²) in [5.74, 6) is 0.257. The summed E-state index contributed by atoms with van der Waals surface area (Å²) in [6.45, 7) is 5.61. The van der Waals surface area contributed by atoms with Gasteiger partial charge in [0, 0.05) is 36.9 Å². The number of thiazole rings is 1. The van der Waals surface area contributed by atoms with E-state index in [1.165, 1.54) is 11.3 Å². The number of anilines is 2. The molecule has 0 aromatic carbocycles. The van der Waals surface area contributed by atoms with E-state index in [2.05, 4.69) is 41.5 Å². The molecule has 0 unspecified atom stereocenters. The number of carbonyl (C=O) groups is 1. The Morgan fingerprint density at radius 1 is 1.15 bits per heavy atom. The molecule has 40 heavy (non-hydrogen) atoms. The van der Waals surface area contributed by atoms with Gasteiger partial charge in [0.25, 0.3) is 5.91 Å². The number of aromatic nitrogens is 6. The van der Waals surface area contributed by atoms with Crippen molar-refractivity contribution in [3.63, 3.8) is 0 Å². The topological polar surface area (TPSA) is 162 Å². The summed E-state index contributed by atoms with van der Waals surface area (Å²) in [7, 11) is 0. The lowest BCUT2D eigenvalue weighted by Crippen LogP contribution is -2.50. The molecule has 1 atom stereocenters. The molecule has 4 aromatic heterocycles. The highest BCUT2D eigenvalue weighted by Gasteiger charge is 2.29. The zero-order valence-corrected chi connectivity index (χ0v) is 23.5. The van der Waals surface area contributed by atoms with Gasteiger partial charge < -0.3 is 26.4 Å². The number of nitrogens with one attached hydrogen (secondary N) is 1. The van der Waals surface area contributed by atoms with Crippen LogP contribution in [0.2, 0.25) is 0 Å². The van der Waals surface area contributed by atoms with Gasteiger partial charge in [0.2, 0.25) is 5.88 Å². The van der Waals surface area contributed by atoms with Crippen molar-refractivity contribution < 1.29 is 9.53 Å². The number of hydrogen-bond acceptors (Lipinski definition) is 11. The zero-order valence-electron chi connectivity index (χ0n) is 22.7. The number of aryl methyl sites for hydroxylation is 2. The van der Waals surface area contributed by atoms with Gasteiger partial charge in [0.15, 0.2) is 10.7 Å². The van der Waals surface area contributed by atoms with Gasteiger partial charge in [0.1, 0.15) is 23.6 Å². The first-order valence-corrected chi connectivity index (χ1v) is 14.5. The summed E-state index contributed by atoms with van der Waals surface area (Å²) in [5.41, 5.74) is 16.0. The van der Waals surface area contributed by atoms with Crippen LogP contribution in [0.25, 0.3) is 16.8 Å². The van der Waals surface area contributed by atoms with Crippen molar-refractivity contribution in [2.75, 3.05) is 23.7 Å². The van der Waals surface area contributed by atoms with E-state index >= 15 is 0 Å². The first-order valence-electron chi connectivity index (χ1n) is 13.7. The minimum atomic E-state index is -0.483. The van der Waals surface area contributed by atoms with Gasteiger partial charge in [-0.25, -0.2) is 14.5 Å². The van der Waals surface area contributed by atoms with Gasteiger partial charge in [-0.15, -0.1) is 16.4 Å². The SMILES string of the molecule is Cc1cc(-c2ncnn3ccc(N4CCC[C@@H](NC5CCC(Oc6nc(C)sc6C(N)=O)CC5)C4)c23)c(N)nn1. The van der Waals surface area contributed by atoms with E-state index in [4.69, 9.17) is 16.2 Å². The summed E-state index contributed by atoms with van der Waals surface area (Å²) >= 11 is 1.29. The highest BCUT2D eigenvalue weighted by Crippen LogP contribution is 2.35. The van der Waals surface area contributed by atoms with Gasteiger partial charge in [-0.1, -0.05) is 0 Å². The molecule has 1 aliphatic heterocycles. The van der Waals surface area contributed by atoms with Crippen LogP contribution in [0.4, 0.5) is 11.5 Å². The van der Waals surface area contributed by atoms with Gasteiger partial charge in [-0.2, -0.15) is 10.2 Å². The van der Waals surface area contributed by atoms with Crippen molar-refractivity contribution in [3.05, 3.63) is 40.2 Å². The van der Waals surface area contributed by atoms with E-state index in [1.54, 1.807) is 6.33 Å². The molecular weight excluding hydrogens is 528 g/mol. The highest BCUT2D eigenvalue weighted by molar-refractivity contribution is 7.13. The number of nitrogens with zero attached hydrogens (tertiary/aromatic N) is 7. The van der Waals surface area contributed by atoms with Crippen molar-refractivity contribution in [1.29, 1.82) is 0 Å². The molecule has 13 heteroatoms. The second kappa shape index (κ2) is 11.0. The number of rotatable bonds is 7. The Morgan fingerprint density at radius 3 is 2.77 bits per heavy atom. The summed E-state index contributed by atoms with van der Waals surface area (Å²) in [5, 5.41) is 17.3. The molecule has 0 spiro atoms. The predicted molar refractivity (Wildman–Crippen MR) is 154 cm³/mol. The number of amides is 1. The Hall–Kier alpha value is -3.84. The Morgan fingerprint density at radius 2 is 1.98 bits per heavy atom. The summed E-state index contributed by atoms with van der Waals surface area (Å²) in [6, 6.07) is 4.83. The molecule has 12 nitrogen and oxygen atoms in total. The van der Waals surface area contributed by atoms with Crippen molar-refractivity contribution >= 4 is 34.3 Å². The first kappa shape index (κ1) is 26.4. The van der Waals surface area contributed by atoms with E-state index in [-0.39, 0.29) is 6.10 Å². The summed E-state index contributed by atoms with van der Waals surface area (Å²) in [6.07, 6.45) is 9.63. The average molecular weight is 563 g/mol. The molecule has 4 aromatic rings. The molecular formula is C27H34N10O2S. The highest BCUT2D eigenvalue weighted by atomic mass is 32.1. The lowest BCUT2D eigenvalue weighted by molar-refractivity contribution is 0.0985. The second-order valence-corrected chi connectivity index (χ2v) is 11.9. The third-order valence-electron chi connectivity index (χ3n) is 7.75. The van der Waals surface area contributed by atoms with Crippen LogP contribution < -0.4 is 26.4 Å². The van der Waals surface area contributed by atoms with Gasteiger partial charge >= 0.3 is 0 Å². The molecule has 5 N–H and O–H groups in total. The number of fused-ring (bicyclic) bond motifs is 1. The van der Waals surface area contributed by atoms with Crippen LogP contribution in [0.3, 0.4) is 0 Å². The summed E-state index contributed by atoms with van der Waals surface area (Å²) in [4.78, 5) is 23.5. The number of nitrogen functional groups attached to an aromatic ring is 1. The molecule has 1 saturated heterocycles. The zero-order chi connectivity index (χ0) is 27.8. The number of piperidine rings is 1. The van der Waals surface area contributed by atoms with E-state index in [9.17, 15) is 4.79 Å². The van der Waals surface area contributed by atoms with Crippen LogP contribution >= 0.6 is 11.3 Å². The van der Waals surface area contributed by atoms with Gasteiger partial charge in [0.05, 0.1) is 16.4 Å². The quantitative estimate of drug-likeness (QED) is 0.305. The van der Waals surface area contributed by atoms with Gasteiger partial charge in [-0.3, -0.25) is 4.79 Å². The maximum atomic E-state index is 11.7. The smallest absolute Gasteiger partial charge is 0.264 e. The lowest BCUT2D eigenvalue weighted by Gasteiger charge is -2.38. The number of primary amides is 1. The standard InChI is InChI=1S/C27H34N10O2S/c1-15-12-20(25(28)35-34-15)22-23-21(9-11-37(23)31-14-30-22)36-10-3-4-18(13-36)33-17-5-7-19(8-6-17)39-27-24(26(29)38)40-16(2)32-27/h9,11-12,14,17-19,33H,3-8,10,13H2,1-2H3,(H2,28,35)(H2,29,38)/t17?,18-,19?/m1/s1. The number of ether oxygens (including phenoxy) is 1. The number of hydrogen-bond donors (Lipinski definition) is 3. The molecule has 5 heterocycles. The molecule has 0 radical (unpaired) electrons. The Kier molecular flexibility index (Phi) is 7.24. The monoisotopic (exact) mass is 562 g/mol. The van der Waals surface area contributed by atoms with Crippen molar-refractivity contribution in [2.45, 2.75) is 70.6 Å². The maximum absolute atomic E-state index is 11.7. The minimum absolute atomic E-state index is 0.0467. The van der Waals surface area contributed by atoms with Gasteiger partial charge in [-0.05, 0) is 64.5 Å². The van der Waals surface area contributed by atoms with Crippen LogP contribution in [0, 0.1) is 13.8 Å². The minimum Gasteiger partial charge on any atom is -0.473 e. The van der Waals surface area contributed by atoms with Crippen LogP contribution in [0.5, 0.6) is 5.88 Å². The molecule has 6 rings (SSSR count). The molecule has 2 fully saturated rings. The average Bonchev–Trinajstić information content (AvgIpc) is 3.55. The Bertz CT molecular complexity index is 1530. The fourth-order valence-corrected chi connectivity index (χ4v) is 6.60. The number of nitrogens with two attached hydrogens (primary N) is 2. The third-order valence-corrected chi connectivity index (χ3v) is 8.71. The van der Waals surface area contributed by atoms with Crippen molar-refractivity contribution in [2.24, 2.45) is 5.73 Å². The molecule has 1 saturated carbocycles. The normalized spacial score (nSPS) is 21.6. The Labute approximate surface area is 236 Å². The van der Waals surface area contributed by atoms with Crippen molar-refractivity contribution in [1.82, 2.24) is 35.1 Å². The maximum Gasteiger partial charge on any atom is 0.264 e. The molecule has 1 aliphatic carbocycles. The molecule has 210 valence electrons. The molecule has 2 aliphatic rings. The van der Waals surface area contributed by atoms with Crippen LogP contribution in [-0.2, 0) is 0 Å². The van der Waals surface area contributed by atoms with Crippen LogP contribution in [0.1, 0.15) is 58.9 Å². The fraction of sp³-hybridized carbons (Fsp3) is 0.481. The van der Waals surface area contributed by atoms with Crippen LogP contribution in [-0.4, -0.2) is 67.0 Å². The Balaban J connectivity index is 1.12. The van der Waals surface area contributed by atoms with E-state index in [0.29, 0.717) is 28.7 Å². The van der Waals surface area contributed by atoms with E-state index < -0.39 is 5.91 Å². The van der Waals surface area contributed by atoms with Crippen molar-refractivity contribution in [3.8, 4) is 17.1 Å². The summed E-state index contributed by atoms with van der Waals surface area (Å²) < 4.78 is 7.97. The lowest BCUT2D eigenvalue weighted by atomic mass is 9.91. The first-order chi connectivity index (χ1) is 19.4. The fourth-order valence-electron chi connectivity index (χ4n) is 5.89. The van der Waals surface area contributed by atoms with E-state index in [1.807, 2.05) is 30.6 Å². The predicted octanol–water partition coefficient (Wildman–Crippen LogP) is 2.89. The van der Waals surface area contributed by atoms with Crippen LogP contribution in [0.15, 0.2) is 24.7 Å². The van der Waals surface area contributed by atoms with E-state index in [0.717, 1.165) is 84.8 Å². The second-order valence-electron chi connectivity index (χ2n) is 10.7. The number of carbonyl (C=O) groups excluding carboxylic acids is 1. The molecule has 0 bridgehead atoms. The molecule has 1 amide bonds. The third kappa shape index (κ3) is 5.30.